The number of hydrogen-bond donors (Lipinski definition) is 0. The minimum absolute atomic E-state index is 0.197. The van der Waals surface area contributed by atoms with Crippen molar-refractivity contribution in [2.24, 2.45) is 0 Å². The van der Waals surface area contributed by atoms with Crippen LogP contribution in [0.3, 0.4) is 0 Å². The quantitative estimate of drug-likeness (QED) is 0.808. The molecule has 0 amide bonds. The van der Waals surface area contributed by atoms with Crippen LogP contribution in [0, 0.1) is 0 Å². The molecule has 1 saturated carbocycles. The number of rotatable bonds is 4. The second-order valence-corrected chi connectivity index (χ2v) is 7.41. The van der Waals surface area contributed by atoms with E-state index >= 15 is 0 Å². The van der Waals surface area contributed by atoms with Crippen LogP contribution < -0.4 is 4.74 Å². The maximum absolute atomic E-state index is 11.5. The summed E-state index contributed by atoms with van der Waals surface area (Å²) in [6.45, 7) is 0. The van der Waals surface area contributed by atoms with Crippen molar-refractivity contribution in [1.82, 2.24) is 9.97 Å². The van der Waals surface area contributed by atoms with Crippen molar-refractivity contribution in [2.75, 3.05) is 6.26 Å². The summed E-state index contributed by atoms with van der Waals surface area (Å²) in [7, 11) is -3.28. The van der Waals surface area contributed by atoms with Gasteiger partial charge < -0.3 is 4.74 Å². The van der Waals surface area contributed by atoms with Gasteiger partial charge in [0.05, 0.1) is 4.90 Å². The van der Waals surface area contributed by atoms with Gasteiger partial charge in [0.2, 0.25) is 5.88 Å². The first-order valence-electron chi connectivity index (χ1n) is 6.44. The molecule has 0 radical (unpaired) electrons. The third-order valence-electron chi connectivity index (χ3n) is 3.09. The van der Waals surface area contributed by atoms with Gasteiger partial charge in [0.1, 0.15) is 16.7 Å². The van der Waals surface area contributed by atoms with E-state index in [1.54, 1.807) is 12.1 Å². The molecule has 110 valence electrons. The number of sulfone groups is 1. The highest BCUT2D eigenvalue weighted by atomic mass is 35.5. The lowest BCUT2D eigenvalue weighted by Crippen LogP contribution is -1.99. The normalized spacial score (nSPS) is 15.0. The van der Waals surface area contributed by atoms with Crippen molar-refractivity contribution in [3.05, 3.63) is 41.3 Å². The first kappa shape index (κ1) is 14.3. The molecule has 5 nitrogen and oxygen atoms in total. The summed E-state index contributed by atoms with van der Waals surface area (Å²) in [4.78, 5) is 8.69. The van der Waals surface area contributed by atoms with Gasteiger partial charge >= 0.3 is 0 Å². The van der Waals surface area contributed by atoms with E-state index in [4.69, 9.17) is 16.3 Å². The first-order valence-corrected chi connectivity index (χ1v) is 8.71. The lowest BCUT2D eigenvalue weighted by atomic mass is 10.3. The molecule has 1 aliphatic rings. The SMILES string of the molecule is CS(=O)(=O)c1cccc(Oc2cc(Cl)nc(C3CC3)n2)c1. The van der Waals surface area contributed by atoms with Crippen molar-refractivity contribution in [3.8, 4) is 11.6 Å². The average Bonchev–Trinajstić information content (AvgIpc) is 3.21. The van der Waals surface area contributed by atoms with Crippen molar-refractivity contribution < 1.29 is 13.2 Å². The average molecular weight is 325 g/mol. The fraction of sp³-hybridized carbons (Fsp3) is 0.286. The Labute approximate surface area is 127 Å². The summed E-state index contributed by atoms with van der Waals surface area (Å²) in [6.07, 6.45) is 3.27. The van der Waals surface area contributed by atoms with E-state index in [1.807, 2.05) is 0 Å². The molecule has 1 heterocycles. The van der Waals surface area contributed by atoms with Gasteiger partial charge in [-0.25, -0.2) is 13.4 Å². The van der Waals surface area contributed by atoms with E-state index in [-0.39, 0.29) is 4.90 Å². The number of aromatic nitrogens is 2. The van der Waals surface area contributed by atoms with Crippen LogP contribution in [0.1, 0.15) is 24.6 Å². The monoisotopic (exact) mass is 324 g/mol. The lowest BCUT2D eigenvalue weighted by molar-refractivity contribution is 0.457. The number of ether oxygens (including phenoxy) is 1. The molecule has 1 aromatic carbocycles. The fourth-order valence-corrected chi connectivity index (χ4v) is 2.72. The highest BCUT2D eigenvalue weighted by Gasteiger charge is 2.27. The molecule has 0 aliphatic heterocycles. The zero-order valence-electron chi connectivity index (χ0n) is 11.3. The van der Waals surface area contributed by atoms with Crippen LogP contribution >= 0.6 is 11.6 Å². The van der Waals surface area contributed by atoms with E-state index in [0.717, 1.165) is 19.1 Å². The molecule has 0 spiro atoms. The Hall–Kier alpha value is -1.66. The smallest absolute Gasteiger partial charge is 0.224 e. The van der Waals surface area contributed by atoms with Crippen LogP contribution in [-0.4, -0.2) is 24.6 Å². The molecule has 3 rings (SSSR count). The third-order valence-corrected chi connectivity index (χ3v) is 4.39. The maximum atomic E-state index is 11.5. The van der Waals surface area contributed by atoms with Gasteiger partial charge in [-0.1, -0.05) is 17.7 Å². The number of benzene rings is 1. The minimum Gasteiger partial charge on any atom is -0.439 e. The van der Waals surface area contributed by atoms with Crippen LogP contribution in [-0.2, 0) is 9.84 Å². The molecule has 21 heavy (non-hydrogen) atoms. The summed E-state index contributed by atoms with van der Waals surface area (Å²) in [6, 6.07) is 7.78. The molecular formula is C14H13ClN2O3S. The molecular weight excluding hydrogens is 312 g/mol. The summed E-state index contributed by atoms with van der Waals surface area (Å²) < 4.78 is 28.7. The first-order chi connectivity index (χ1) is 9.91. The summed E-state index contributed by atoms with van der Waals surface area (Å²) in [5.74, 6) is 1.75. The summed E-state index contributed by atoms with van der Waals surface area (Å²) in [5, 5.41) is 0.321. The molecule has 7 heteroatoms. The van der Waals surface area contributed by atoms with E-state index < -0.39 is 9.84 Å². The molecule has 1 aliphatic carbocycles. The van der Waals surface area contributed by atoms with Crippen LogP contribution in [0.15, 0.2) is 35.2 Å². The fourth-order valence-electron chi connectivity index (χ4n) is 1.88. The summed E-state index contributed by atoms with van der Waals surface area (Å²) >= 11 is 5.96. The Kier molecular flexibility index (Phi) is 3.59. The zero-order valence-corrected chi connectivity index (χ0v) is 12.9. The Morgan fingerprint density at radius 3 is 2.67 bits per heavy atom. The number of nitrogens with zero attached hydrogens (tertiary/aromatic N) is 2. The molecule has 0 N–H and O–H groups in total. The van der Waals surface area contributed by atoms with Gasteiger partial charge in [-0.3, -0.25) is 0 Å². The van der Waals surface area contributed by atoms with E-state index in [0.29, 0.717) is 28.5 Å². The zero-order chi connectivity index (χ0) is 15.0. The van der Waals surface area contributed by atoms with Crippen LogP contribution in [0.4, 0.5) is 0 Å². The second kappa shape index (κ2) is 5.27. The Morgan fingerprint density at radius 2 is 2.00 bits per heavy atom. The third kappa shape index (κ3) is 3.51. The predicted octanol–water partition coefficient (Wildman–Crippen LogP) is 3.20. The molecule has 0 bridgehead atoms. The van der Waals surface area contributed by atoms with Gasteiger partial charge in [0, 0.05) is 18.2 Å². The number of halogens is 1. The highest BCUT2D eigenvalue weighted by molar-refractivity contribution is 7.90. The van der Waals surface area contributed by atoms with Gasteiger partial charge in [0.15, 0.2) is 9.84 Å². The largest absolute Gasteiger partial charge is 0.439 e. The van der Waals surface area contributed by atoms with E-state index in [2.05, 4.69) is 9.97 Å². The van der Waals surface area contributed by atoms with Crippen molar-refractivity contribution in [2.45, 2.75) is 23.7 Å². The van der Waals surface area contributed by atoms with Crippen molar-refractivity contribution in [1.29, 1.82) is 0 Å². The topological polar surface area (TPSA) is 69.2 Å². The second-order valence-electron chi connectivity index (χ2n) is 5.01. The van der Waals surface area contributed by atoms with Crippen LogP contribution in [0.2, 0.25) is 5.15 Å². The van der Waals surface area contributed by atoms with E-state index in [1.165, 1.54) is 18.2 Å². The molecule has 0 saturated heterocycles. The van der Waals surface area contributed by atoms with Crippen molar-refractivity contribution >= 4 is 21.4 Å². The standard InChI is InChI=1S/C14H13ClN2O3S/c1-21(18,19)11-4-2-3-10(7-11)20-13-8-12(15)16-14(17-13)9-5-6-9/h2-4,7-9H,5-6H2,1H3. The van der Waals surface area contributed by atoms with E-state index in [9.17, 15) is 8.42 Å². The van der Waals surface area contributed by atoms with Gasteiger partial charge in [-0.15, -0.1) is 0 Å². The minimum atomic E-state index is -3.28. The molecule has 0 unspecified atom stereocenters. The molecule has 0 atom stereocenters. The van der Waals surface area contributed by atoms with Gasteiger partial charge in [-0.05, 0) is 31.0 Å². The van der Waals surface area contributed by atoms with Gasteiger partial charge in [-0.2, -0.15) is 4.98 Å². The van der Waals surface area contributed by atoms with Crippen LogP contribution in [0.25, 0.3) is 0 Å². The predicted molar refractivity (Wildman–Crippen MR) is 78.6 cm³/mol. The van der Waals surface area contributed by atoms with Crippen molar-refractivity contribution in [3.63, 3.8) is 0 Å². The molecule has 1 fully saturated rings. The highest BCUT2D eigenvalue weighted by Crippen LogP contribution is 2.39. The van der Waals surface area contributed by atoms with Gasteiger partial charge in [0.25, 0.3) is 0 Å². The number of hydrogen-bond acceptors (Lipinski definition) is 5. The maximum Gasteiger partial charge on any atom is 0.224 e. The summed E-state index contributed by atoms with van der Waals surface area (Å²) in [5.41, 5.74) is 0. The lowest BCUT2D eigenvalue weighted by Gasteiger charge is -2.08. The molecule has 1 aromatic heterocycles. The van der Waals surface area contributed by atoms with Crippen LogP contribution in [0.5, 0.6) is 11.6 Å². The Morgan fingerprint density at radius 1 is 1.24 bits per heavy atom. The molecule has 2 aromatic rings. The Balaban J connectivity index is 1.90. The Bertz CT molecular complexity index is 789.